The topological polar surface area (TPSA) is 99.6 Å². The molecular formula is C15H21N3O4S. The highest BCUT2D eigenvalue weighted by Crippen LogP contribution is 2.20. The second kappa shape index (κ2) is 7.08. The molecule has 7 nitrogen and oxygen atoms in total. The van der Waals surface area contributed by atoms with Gasteiger partial charge in [0.1, 0.15) is 9.88 Å². The second-order valence-corrected chi connectivity index (χ2v) is 7.22. The van der Waals surface area contributed by atoms with Gasteiger partial charge < -0.3 is 15.3 Å². The van der Waals surface area contributed by atoms with Crippen molar-refractivity contribution in [2.45, 2.75) is 33.7 Å². The average molecular weight is 339 g/mol. The van der Waals surface area contributed by atoms with E-state index >= 15 is 0 Å². The number of carbonyl (C=O) groups excluding carboxylic acids is 2. The van der Waals surface area contributed by atoms with Gasteiger partial charge in [0.2, 0.25) is 11.8 Å². The minimum Gasteiger partial charge on any atom is -0.477 e. The maximum absolute atomic E-state index is 12.2. The van der Waals surface area contributed by atoms with Gasteiger partial charge in [-0.2, -0.15) is 0 Å². The predicted octanol–water partition coefficient (Wildman–Crippen LogP) is 1.27. The molecule has 2 N–H and O–H groups in total. The van der Waals surface area contributed by atoms with Crippen LogP contribution in [-0.2, 0) is 16.1 Å². The minimum atomic E-state index is -1.01. The van der Waals surface area contributed by atoms with E-state index in [-0.39, 0.29) is 35.6 Å². The summed E-state index contributed by atoms with van der Waals surface area (Å²) in [7, 11) is 0. The van der Waals surface area contributed by atoms with Crippen LogP contribution in [0, 0.1) is 18.8 Å². The fraction of sp³-hybridized carbons (Fsp3) is 0.600. The molecule has 1 aliphatic heterocycles. The molecule has 2 rings (SSSR count). The summed E-state index contributed by atoms with van der Waals surface area (Å²) >= 11 is 1.06. The van der Waals surface area contributed by atoms with E-state index in [1.165, 1.54) is 0 Å². The third kappa shape index (κ3) is 4.28. The molecule has 0 radical (unpaired) electrons. The lowest BCUT2D eigenvalue weighted by Crippen LogP contribution is -2.33. The number of aromatic nitrogens is 1. The predicted molar refractivity (Wildman–Crippen MR) is 85.2 cm³/mol. The molecule has 8 heteroatoms. The maximum Gasteiger partial charge on any atom is 0.347 e. The molecule has 1 fully saturated rings. The summed E-state index contributed by atoms with van der Waals surface area (Å²) in [6.07, 6.45) is 0.232. The van der Waals surface area contributed by atoms with Crippen molar-refractivity contribution in [3.05, 3.63) is 15.6 Å². The first kappa shape index (κ1) is 17.4. The Bertz CT molecular complexity index is 626. The van der Waals surface area contributed by atoms with E-state index in [0.717, 1.165) is 11.3 Å². The number of nitrogens with zero attached hydrogens (tertiary/aromatic N) is 2. The van der Waals surface area contributed by atoms with Gasteiger partial charge >= 0.3 is 5.97 Å². The van der Waals surface area contributed by atoms with E-state index in [9.17, 15) is 14.4 Å². The molecule has 1 atom stereocenters. The summed E-state index contributed by atoms with van der Waals surface area (Å²) < 4.78 is 0. The van der Waals surface area contributed by atoms with Crippen LogP contribution in [0.2, 0.25) is 0 Å². The van der Waals surface area contributed by atoms with Crippen LogP contribution in [0.3, 0.4) is 0 Å². The maximum atomic E-state index is 12.2. The third-order valence-electron chi connectivity index (χ3n) is 3.62. The Hall–Kier alpha value is -1.96. The molecular weight excluding hydrogens is 318 g/mol. The molecule has 1 aromatic heterocycles. The third-order valence-corrected chi connectivity index (χ3v) is 4.77. The molecule has 0 spiro atoms. The normalized spacial score (nSPS) is 17.8. The first-order valence-electron chi connectivity index (χ1n) is 7.53. The number of aryl methyl sites for hydroxylation is 1. The number of aromatic carboxylic acids is 1. The van der Waals surface area contributed by atoms with Crippen molar-refractivity contribution in [1.29, 1.82) is 0 Å². The van der Waals surface area contributed by atoms with Gasteiger partial charge in [0, 0.05) is 19.5 Å². The van der Waals surface area contributed by atoms with Crippen LogP contribution in [0.4, 0.5) is 0 Å². The summed E-state index contributed by atoms with van der Waals surface area (Å²) in [4.78, 5) is 41.1. The van der Waals surface area contributed by atoms with Crippen molar-refractivity contribution in [2.24, 2.45) is 11.8 Å². The minimum absolute atomic E-state index is 0.0112. The van der Waals surface area contributed by atoms with Gasteiger partial charge in [-0.1, -0.05) is 13.8 Å². The molecule has 0 aromatic carbocycles. The smallest absolute Gasteiger partial charge is 0.347 e. The molecule has 1 aliphatic rings. The zero-order chi connectivity index (χ0) is 17.1. The summed E-state index contributed by atoms with van der Waals surface area (Å²) in [6, 6.07) is 0. The molecule has 1 aromatic rings. The van der Waals surface area contributed by atoms with Crippen LogP contribution in [-0.4, -0.2) is 45.9 Å². The van der Waals surface area contributed by atoms with Crippen LogP contribution in [0.1, 0.15) is 40.6 Å². The monoisotopic (exact) mass is 339 g/mol. The van der Waals surface area contributed by atoms with Crippen molar-refractivity contribution < 1.29 is 19.5 Å². The highest BCUT2D eigenvalue weighted by Gasteiger charge is 2.34. The van der Waals surface area contributed by atoms with Crippen LogP contribution >= 0.6 is 11.3 Å². The number of carbonyl (C=O) groups is 3. The number of nitrogens with one attached hydrogen (secondary N) is 1. The van der Waals surface area contributed by atoms with Gasteiger partial charge in [-0.3, -0.25) is 9.59 Å². The van der Waals surface area contributed by atoms with Crippen LogP contribution in [0.5, 0.6) is 0 Å². The number of carboxylic acids is 1. The quantitative estimate of drug-likeness (QED) is 0.813. The molecule has 2 amide bonds. The van der Waals surface area contributed by atoms with Gasteiger partial charge in [-0.25, -0.2) is 9.78 Å². The molecule has 1 unspecified atom stereocenters. The number of thiazole rings is 1. The lowest BCUT2D eigenvalue weighted by Gasteiger charge is -2.18. The van der Waals surface area contributed by atoms with E-state index in [4.69, 9.17) is 5.11 Å². The lowest BCUT2D eigenvalue weighted by molar-refractivity contribution is -0.129. The Labute approximate surface area is 138 Å². The Kier molecular flexibility index (Phi) is 5.35. The fourth-order valence-corrected chi connectivity index (χ4v) is 3.44. The first-order chi connectivity index (χ1) is 10.8. The van der Waals surface area contributed by atoms with Gasteiger partial charge in [-0.15, -0.1) is 11.3 Å². The molecule has 23 heavy (non-hydrogen) atoms. The SMILES string of the molecule is Cc1nc(CNC(=O)C2CC(=O)N(CC(C)C)C2)sc1C(=O)O. The number of rotatable bonds is 6. The van der Waals surface area contributed by atoms with E-state index in [1.54, 1.807) is 11.8 Å². The number of hydrogen-bond donors (Lipinski definition) is 2. The van der Waals surface area contributed by atoms with Gasteiger partial charge in [-0.05, 0) is 12.8 Å². The van der Waals surface area contributed by atoms with Gasteiger partial charge in [0.05, 0.1) is 18.2 Å². The van der Waals surface area contributed by atoms with Gasteiger partial charge in [0.15, 0.2) is 0 Å². The molecule has 1 saturated heterocycles. The molecule has 126 valence electrons. The molecule has 2 heterocycles. The van der Waals surface area contributed by atoms with Gasteiger partial charge in [0.25, 0.3) is 0 Å². The average Bonchev–Trinajstić information content (AvgIpc) is 2.99. The summed E-state index contributed by atoms with van der Waals surface area (Å²) in [5.41, 5.74) is 0.450. The Morgan fingerprint density at radius 2 is 2.17 bits per heavy atom. The zero-order valence-corrected chi connectivity index (χ0v) is 14.3. The number of carboxylic acid groups (broad SMARTS) is 1. The molecule has 0 saturated carbocycles. The van der Waals surface area contributed by atoms with E-state index in [0.29, 0.717) is 29.7 Å². The van der Waals surface area contributed by atoms with Crippen LogP contribution < -0.4 is 5.32 Å². The Morgan fingerprint density at radius 1 is 1.48 bits per heavy atom. The number of amides is 2. The highest BCUT2D eigenvalue weighted by atomic mass is 32.1. The van der Waals surface area contributed by atoms with Crippen LogP contribution in [0.15, 0.2) is 0 Å². The largest absolute Gasteiger partial charge is 0.477 e. The van der Waals surface area contributed by atoms with Crippen molar-refractivity contribution in [1.82, 2.24) is 15.2 Å². The zero-order valence-electron chi connectivity index (χ0n) is 13.5. The summed E-state index contributed by atoms with van der Waals surface area (Å²) in [6.45, 7) is 6.99. The fourth-order valence-electron chi connectivity index (χ4n) is 2.60. The standard InChI is InChI=1S/C15H21N3O4S/c1-8(2)6-18-7-10(4-12(18)19)14(20)16-5-11-17-9(3)13(23-11)15(21)22/h8,10H,4-7H2,1-3H3,(H,16,20)(H,21,22). The van der Waals surface area contributed by atoms with Crippen molar-refractivity contribution in [3.63, 3.8) is 0 Å². The molecule has 0 aliphatic carbocycles. The van der Waals surface area contributed by atoms with Crippen molar-refractivity contribution >= 4 is 29.1 Å². The lowest BCUT2D eigenvalue weighted by atomic mass is 10.1. The Balaban J connectivity index is 1.89. The summed E-state index contributed by atoms with van der Waals surface area (Å²) in [5, 5.41) is 12.3. The van der Waals surface area contributed by atoms with E-state index < -0.39 is 5.97 Å². The first-order valence-corrected chi connectivity index (χ1v) is 8.34. The summed E-state index contributed by atoms with van der Waals surface area (Å²) in [5.74, 6) is -1.16. The van der Waals surface area contributed by atoms with E-state index in [1.807, 2.05) is 13.8 Å². The number of likely N-dealkylation sites (tertiary alicyclic amines) is 1. The second-order valence-electron chi connectivity index (χ2n) is 6.14. The Morgan fingerprint density at radius 3 is 2.74 bits per heavy atom. The van der Waals surface area contributed by atoms with Crippen molar-refractivity contribution in [3.8, 4) is 0 Å². The molecule has 0 bridgehead atoms. The number of hydrogen-bond acceptors (Lipinski definition) is 5. The highest BCUT2D eigenvalue weighted by molar-refractivity contribution is 7.13. The van der Waals surface area contributed by atoms with Crippen molar-refractivity contribution in [2.75, 3.05) is 13.1 Å². The van der Waals surface area contributed by atoms with E-state index in [2.05, 4.69) is 10.3 Å². The van der Waals surface area contributed by atoms with Crippen LogP contribution in [0.25, 0.3) is 0 Å².